The van der Waals surface area contributed by atoms with E-state index in [1.165, 1.54) is 38.9 Å². The van der Waals surface area contributed by atoms with Gasteiger partial charge in [-0.15, -0.1) is 0 Å². The first-order chi connectivity index (χ1) is 6.83. The first-order valence-corrected chi connectivity index (χ1v) is 7.39. The highest BCUT2D eigenvalue weighted by Crippen LogP contribution is 2.04. The zero-order valence-electron chi connectivity index (χ0n) is 9.95. The molecule has 1 fully saturated rings. The van der Waals surface area contributed by atoms with Crippen LogP contribution in [0.1, 0.15) is 33.1 Å². The fraction of sp³-hybridized carbons (Fsp3) is 1.00. The average Bonchev–Trinajstić information content (AvgIpc) is 2.01. The molecule has 0 radical (unpaired) electrons. The first kappa shape index (κ1) is 14.9. The van der Waals surface area contributed by atoms with E-state index in [0.29, 0.717) is 6.26 Å². The van der Waals surface area contributed by atoms with E-state index in [0.717, 1.165) is 5.92 Å². The van der Waals surface area contributed by atoms with Crippen LogP contribution in [0.4, 0.5) is 0 Å². The minimum atomic E-state index is -3.92. The standard InChI is InChI=1S/C9H19N.CH4O3S/c1-3-6-10-7-4-5-9(2)8-10;1-5(2,3)4/h9H,3-8H2,1-2H3;1H3,(H,2,3,4). The molecule has 2 unspecified atom stereocenters. The molecule has 0 spiro atoms. The maximum atomic E-state index is 9.08. The van der Waals surface area contributed by atoms with Gasteiger partial charge in [0.25, 0.3) is 0 Å². The SMILES string of the molecule is CCC[NH+]1CCCC(C)C1.CS(=O)(=O)[O-]. The predicted octanol–water partition coefficient (Wildman–Crippen LogP) is -0.127. The Labute approximate surface area is 93.4 Å². The van der Waals surface area contributed by atoms with E-state index in [2.05, 4.69) is 13.8 Å². The van der Waals surface area contributed by atoms with Crippen molar-refractivity contribution in [1.82, 2.24) is 0 Å². The lowest BCUT2D eigenvalue weighted by Gasteiger charge is -2.27. The third kappa shape index (κ3) is 11.8. The molecule has 0 aromatic heterocycles. The van der Waals surface area contributed by atoms with E-state index >= 15 is 0 Å². The maximum absolute atomic E-state index is 9.08. The molecule has 1 heterocycles. The van der Waals surface area contributed by atoms with Gasteiger partial charge in [-0.25, -0.2) is 8.42 Å². The summed E-state index contributed by atoms with van der Waals surface area (Å²) >= 11 is 0. The van der Waals surface area contributed by atoms with E-state index in [4.69, 9.17) is 13.0 Å². The van der Waals surface area contributed by atoms with Crippen LogP contribution in [0.5, 0.6) is 0 Å². The highest BCUT2D eigenvalue weighted by Gasteiger charge is 2.17. The third-order valence-corrected chi connectivity index (χ3v) is 2.47. The Morgan fingerprint density at radius 2 is 2.00 bits per heavy atom. The summed E-state index contributed by atoms with van der Waals surface area (Å²) < 4.78 is 27.2. The second-order valence-electron chi connectivity index (χ2n) is 4.41. The molecule has 15 heavy (non-hydrogen) atoms. The van der Waals surface area contributed by atoms with Crippen molar-refractivity contribution in [3.8, 4) is 0 Å². The molecule has 1 aliphatic heterocycles. The highest BCUT2D eigenvalue weighted by atomic mass is 32.2. The summed E-state index contributed by atoms with van der Waals surface area (Å²) in [7, 11) is -3.92. The van der Waals surface area contributed by atoms with Crippen LogP contribution in [-0.4, -0.2) is 38.9 Å². The second-order valence-corrected chi connectivity index (χ2v) is 5.81. The predicted molar refractivity (Wildman–Crippen MR) is 59.9 cm³/mol. The van der Waals surface area contributed by atoms with Crippen LogP contribution in [0.15, 0.2) is 0 Å². The van der Waals surface area contributed by atoms with Crippen molar-refractivity contribution in [3.63, 3.8) is 0 Å². The van der Waals surface area contributed by atoms with E-state index < -0.39 is 10.1 Å². The Kier molecular flexibility index (Phi) is 7.13. The van der Waals surface area contributed by atoms with Gasteiger partial charge in [0, 0.05) is 12.2 Å². The molecule has 0 aromatic carbocycles. The van der Waals surface area contributed by atoms with Gasteiger partial charge in [-0.1, -0.05) is 13.8 Å². The largest absolute Gasteiger partial charge is 0.748 e. The molecule has 5 heteroatoms. The molecule has 1 rings (SSSR count). The van der Waals surface area contributed by atoms with Gasteiger partial charge in [0.15, 0.2) is 0 Å². The lowest BCUT2D eigenvalue weighted by atomic mass is 10.0. The number of rotatable bonds is 2. The van der Waals surface area contributed by atoms with Crippen LogP contribution in [0, 0.1) is 5.92 Å². The van der Waals surface area contributed by atoms with Crippen LogP contribution in [0.3, 0.4) is 0 Å². The van der Waals surface area contributed by atoms with Gasteiger partial charge >= 0.3 is 0 Å². The number of hydrogen-bond donors (Lipinski definition) is 1. The van der Waals surface area contributed by atoms with E-state index in [9.17, 15) is 0 Å². The minimum absolute atomic E-state index is 0.604. The first-order valence-electron chi connectivity index (χ1n) is 5.57. The average molecular weight is 237 g/mol. The molecule has 0 aromatic rings. The molecule has 0 aliphatic carbocycles. The van der Waals surface area contributed by atoms with Crippen LogP contribution in [0.25, 0.3) is 0 Å². The van der Waals surface area contributed by atoms with Crippen LogP contribution >= 0.6 is 0 Å². The van der Waals surface area contributed by atoms with Crippen LogP contribution in [-0.2, 0) is 10.1 Å². The zero-order chi connectivity index (χ0) is 11.9. The number of hydrogen-bond acceptors (Lipinski definition) is 3. The Hall–Kier alpha value is -0.130. The number of likely N-dealkylation sites (tertiary alicyclic amines) is 1. The summed E-state index contributed by atoms with van der Waals surface area (Å²) in [6, 6.07) is 0. The molecule has 0 saturated carbocycles. The van der Waals surface area contributed by atoms with E-state index in [-0.39, 0.29) is 0 Å². The van der Waals surface area contributed by atoms with E-state index in [1.54, 1.807) is 0 Å². The molecule has 0 bridgehead atoms. The van der Waals surface area contributed by atoms with Crippen molar-refractivity contribution in [2.45, 2.75) is 33.1 Å². The number of nitrogens with one attached hydrogen (secondary N) is 1. The Bertz CT molecular complexity index is 241. The van der Waals surface area contributed by atoms with Gasteiger partial charge in [-0.2, -0.15) is 0 Å². The van der Waals surface area contributed by atoms with Gasteiger partial charge in [0.1, 0.15) is 0 Å². The van der Waals surface area contributed by atoms with Gasteiger partial charge < -0.3 is 9.45 Å². The topological polar surface area (TPSA) is 61.6 Å². The van der Waals surface area contributed by atoms with Crippen molar-refractivity contribution in [3.05, 3.63) is 0 Å². The Morgan fingerprint density at radius 1 is 1.47 bits per heavy atom. The molecule has 92 valence electrons. The molecule has 4 nitrogen and oxygen atoms in total. The van der Waals surface area contributed by atoms with E-state index in [1.807, 2.05) is 4.90 Å². The van der Waals surface area contributed by atoms with Gasteiger partial charge in [0.2, 0.25) is 0 Å². The lowest BCUT2D eigenvalue weighted by molar-refractivity contribution is -0.908. The molecular formula is C10H23NO3S. The van der Waals surface area contributed by atoms with Crippen LogP contribution < -0.4 is 4.90 Å². The minimum Gasteiger partial charge on any atom is -0.748 e. The molecule has 1 aliphatic rings. The van der Waals surface area contributed by atoms with Crippen molar-refractivity contribution in [2.75, 3.05) is 25.9 Å². The van der Waals surface area contributed by atoms with Crippen molar-refractivity contribution >= 4 is 10.1 Å². The molecule has 2 atom stereocenters. The fourth-order valence-electron chi connectivity index (χ4n) is 1.98. The Morgan fingerprint density at radius 3 is 2.40 bits per heavy atom. The lowest BCUT2D eigenvalue weighted by Crippen LogP contribution is -3.13. The van der Waals surface area contributed by atoms with Gasteiger partial charge in [0.05, 0.1) is 29.8 Å². The van der Waals surface area contributed by atoms with Gasteiger partial charge in [-0.3, -0.25) is 0 Å². The van der Waals surface area contributed by atoms with Gasteiger partial charge in [-0.05, 0) is 19.3 Å². The summed E-state index contributed by atoms with van der Waals surface area (Å²) in [6.07, 6.45) is 4.87. The normalized spacial score (nSPS) is 26.7. The van der Waals surface area contributed by atoms with Crippen molar-refractivity contribution in [1.29, 1.82) is 0 Å². The maximum Gasteiger partial charge on any atom is 0.0916 e. The number of piperidine rings is 1. The highest BCUT2D eigenvalue weighted by molar-refractivity contribution is 7.84. The molecule has 1 saturated heterocycles. The van der Waals surface area contributed by atoms with Crippen molar-refractivity contribution < 1.29 is 17.9 Å². The quantitative estimate of drug-likeness (QED) is 0.681. The third-order valence-electron chi connectivity index (χ3n) is 2.47. The van der Waals surface area contributed by atoms with Crippen molar-refractivity contribution in [2.24, 2.45) is 5.92 Å². The number of quaternary nitrogens is 1. The smallest absolute Gasteiger partial charge is 0.0916 e. The summed E-state index contributed by atoms with van der Waals surface area (Å²) in [5.41, 5.74) is 0. The molecule has 0 amide bonds. The monoisotopic (exact) mass is 237 g/mol. The summed E-state index contributed by atoms with van der Waals surface area (Å²) in [5, 5.41) is 0. The summed E-state index contributed by atoms with van der Waals surface area (Å²) in [6.45, 7) is 8.91. The zero-order valence-corrected chi connectivity index (χ0v) is 10.8. The Balaban J connectivity index is 0.000000336. The summed E-state index contributed by atoms with van der Waals surface area (Å²) in [4.78, 5) is 1.83. The molecule has 1 N–H and O–H groups in total. The molecular weight excluding hydrogens is 214 g/mol. The van der Waals surface area contributed by atoms with Crippen LogP contribution in [0.2, 0.25) is 0 Å². The fourth-order valence-corrected chi connectivity index (χ4v) is 1.98. The summed E-state index contributed by atoms with van der Waals surface area (Å²) in [5.74, 6) is 0.982. The second kappa shape index (κ2) is 7.19.